The van der Waals surface area contributed by atoms with Crippen LogP contribution in [0.5, 0.6) is 5.75 Å². The zero-order valence-corrected chi connectivity index (χ0v) is 21.8. The largest absolute Gasteiger partial charge is 0.493 e. The molecule has 0 spiro atoms. The molecule has 208 valence electrons. The third-order valence-electron chi connectivity index (χ3n) is 5.70. The number of H-pyrrole nitrogens is 1. The highest BCUT2D eigenvalue weighted by Crippen LogP contribution is 2.34. The molecule has 3 aromatic heterocycles. The van der Waals surface area contributed by atoms with Crippen molar-refractivity contribution < 1.29 is 27.4 Å². The summed E-state index contributed by atoms with van der Waals surface area (Å²) in [6, 6.07) is 6.18. The summed E-state index contributed by atoms with van der Waals surface area (Å²) >= 11 is 0. The Labute approximate surface area is 221 Å². The Balaban J connectivity index is 1.85. The number of nitrogens with one attached hydrogen (secondary N) is 2. The Hall–Kier alpha value is -4.20. The fourth-order valence-corrected chi connectivity index (χ4v) is 4.16. The van der Waals surface area contributed by atoms with E-state index in [1.165, 1.54) is 17.7 Å². The van der Waals surface area contributed by atoms with Gasteiger partial charge in [0.2, 0.25) is 0 Å². The molecule has 3 heterocycles. The van der Waals surface area contributed by atoms with E-state index in [0.717, 1.165) is 6.42 Å². The Bertz CT molecular complexity index is 1560. The molecule has 0 bridgehead atoms. The molecule has 0 aliphatic rings. The molecule has 0 fully saturated rings. The van der Waals surface area contributed by atoms with Gasteiger partial charge in [-0.15, -0.1) is 5.10 Å². The van der Waals surface area contributed by atoms with Crippen LogP contribution in [0.25, 0.3) is 28.2 Å². The molecule has 4 aromatic rings. The minimum atomic E-state index is -4.58. The summed E-state index contributed by atoms with van der Waals surface area (Å²) in [5, 5.41) is 11.1. The van der Waals surface area contributed by atoms with E-state index in [1.807, 2.05) is 6.92 Å². The molecule has 0 radical (unpaired) electrons. The highest BCUT2D eigenvalue weighted by molar-refractivity contribution is 5.91. The lowest BCUT2D eigenvalue weighted by Gasteiger charge is -2.12. The van der Waals surface area contributed by atoms with Crippen LogP contribution in [0.1, 0.15) is 31.8 Å². The molecule has 39 heavy (non-hydrogen) atoms. The van der Waals surface area contributed by atoms with Gasteiger partial charge >= 0.3 is 6.18 Å². The molecule has 0 unspecified atom stereocenters. The SMILES string of the molecule is CCCc1nc(C)c2c(=O)[nH]c(-c3cc(-c4cc(NC(=O)COC)n(CC(F)(F)F)n4)ccc3OCC)nn12. The average Bonchev–Trinajstić information content (AvgIpc) is 3.39. The van der Waals surface area contributed by atoms with Gasteiger partial charge in [0, 0.05) is 25.2 Å². The quantitative estimate of drug-likeness (QED) is 0.309. The van der Waals surface area contributed by atoms with E-state index in [-0.39, 0.29) is 23.9 Å². The molecule has 1 amide bonds. The summed E-state index contributed by atoms with van der Waals surface area (Å²) in [5.41, 5.74) is 1.46. The number of hydrogen-bond donors (Lipinski definition) is 2. The van der Waals surface area contributed by atoms with Crippen molar-refractivity contribution in [1.82, 2.24) is 29.4 Å². The first kappa shape index (κ1) is 27.8. The van der Waals surface area contributed by atoms with Crippen molar-refractivity contribution >= 4 is 17.2 Å². The maximum absolute atomic E-state index is 13.2. The second-order valence-electron chi connectivity index (χ2n) is 8.74. The number of ether oxygens (including phenoxy) is 2. The number of rotatable bonds is 10. The number of carbonyl (C=O) groups excluding carboxylic acids is 1. The second kappa shape index (κ2) is 11.3. The van der Waals surface area contributed by atoms with Gasteiger partial charge in [0.25, 0.3) is 11.5 Å². The van der Waals surface area contributed by atoms with Gasteiger partial charge in [-0.3, -0.25) is 9.59 Å². The van der Waals surface area contributed by atoms with Crippen LogP contribution in [-0.2, 0) is 22.5 Å². The van der Waals surface area contributed by atoms with E-state index in [1.54, 1.807) is 32.0 Å². The Morgan fingerprint density at radius 3 is 2.62 bits per heavy atom. The van der Waals surface area contributed by atoms with Crippen molar-refractivity contribution in [2.75, 3.05) is 25.6 Å². The lowest BCUT2D eigenvalue weighted by Crippen LogP contribution is -2.24. The number of hydrogen-bond acceptors (Lipinski definition) is 7. The first-order valence-electron chi connectivity index (χ1n) is 12.2. The molecule has 1 aromatic carbocycles. The van der Waals surface area contributed by atoms with Gasteiger partial charge in [0.15, 0.2) is 11.3 Å². The van der Waals surface area contributed by atoms with Crippen LogP contribution in [0.2, 0.25) is 0 Å². The third kappa shape index (κ3) is 6.11. The first-order chi connectivity index (χ1) is 18.5. The zero-order valence-electron chi connectivity index (χ0n) is 21.8. The molecule has 0 aliphatic heterocycles. The number of alkyl halides is 3. The molecular weight excluding hydrogens is 519 g/mol. The highest BCUT2D eigenvalue weighted by Gasteiger charge is 2.30. The lowest BCUT2D eigenvalue weighted by atomic mass is 10.1. The van der Waals surface area contributed by atoms with Gasteiger partial charge in [0.05, 0.1) is 23.6 Å². The number of benzene rings is 1. The summed E-state index contributed by atoms with van der Waals surface area (Å²) in [6.07, 6.45) is -3.17. The van der Waals surface area contributed by atoms with Crippen LogP contribution in [-0.4, -0.2) is 61.8 Å². The van der Waals surface area contributed by atoms with Crippen LogP contribution < -0.4 is 15.6 Å². The minimum Gasteiger partial charge on any atom is -0.493 e. The van der Waals surface area contributed by atoms with Gasteiger partial charge in [-0.25, -0.2) is 14.2 Å². The number of imidazole rings is 1. The number of anilines is 1. The fourth-order valence-electron chi connectivity index (χ4n) is 4.16. The van der Waals surface area contributed by atoms with E-state index in [2.05, 4.69) is 25.5 Å². The normalized spacial score (nSPS) is 11.8. The van der Waals surface area contributed by atoms with E-state index < -0.39 is 24.2 Å². The molecule has 2 N–H and O–H groups in total. The first-order valence-corrected chi connectivity index (χ1v) is 12.2. The molecule has 11 nitrogen and oxygen atoms in total. The highest BCUT2D eigenvalue weighted by atomic mass is 19.4. The molecule has 0 saturated heterocycles. The molecule has 0 atom stereocenters. The summed E-state index contributed by atoms with van der Waals surface area (Å²) in [4.78, 5) is 32.3. The Morgan fingerprint density at radius 1 is 1.18 bits per heavy atom. The van der Waals surface area contributed by atoms with Crippen molar-refractivity contribution in [3.05, 3.63) is 46.1 Å². The summed E-state index contributed by atoms with van der Waals surface area (Å²) in [7, 11) is 1.30. The van der Waals surface area contributed by atoms with Gasteiger partial charge < -0.3 is 19.8 Å². The number of amides is 1. The number of halogens is 3. The number of carbonyl (C=O) groups is 1. The maximum Gasteiger partial charge on any atom is 0.408 e. The molecule has 14 heteroatoms. The summed E-state index contributed by atoms with van der Waals surface area (Å²) < 4.78 is 52.4. The predicted octanol–water partition coefficient (Wildman–Crippen LogP) is 3.75. The number of aryl methyl sites for hydroxylation is 2. The molecule has 0 aliphatic carbocycles. The monoisotopic (exact) mass is 547 g/mol. The molecular formula is C25H28F3N7O4. The van der Waals surface area contributed by atoms with Crippen LogP contribution in [0.4, 0.5) is 19.0 Å². The fraction of sp³-hybridized carbons (Fsp3) is 0.400. The number of aromatic nitrogens is 6. The van der Waals surface area contributed by atoms with Gasteiger partial charge in [-0.05, 0) is 38.5 Å². The predicted molar refractivity (Wildman–Crippen MR) is 137 cm³/mol. The van der Waals surface area contributed by atoms with Gasteiger partial charge in [-0.1, -0.05) is 6.92 Å². The number of methoxy groups -OCH3 is 1. The smallest absolute Gasteiger partial charge is 0.408 e. The Morgan fingerprint density at radius 2 is 1.95 bits per heavy atom. The summed E-state index contributed by atoms with van der Waals surface area (Å²) in [5.74, 6) is 0.449. The van der Waals surface area contributed by atoms with Crippen molar-refractivity contribution in [2.45, 2.75) is 46.3 Å². The van der Waals surface area contributed by atoms with Crippen LogP contribution in [0, 0.1) is 6.92 Å². The lowest BCUT2D eigenvalue weighted by molar-refractivity contribution is -0.142. The zero-order chi connectivity index (χ0) is 28.3. The van der Waals surface area contributed by atoms with Crippen LogP contribution in [0.3, 0.4) is 0 Å². The van der Waals surface area contributed by atoms with Crippen molar-refractivity contribution in [3.63, 3.8) is 0 Å². The standard InChI is InChI=1S/C25H28F3N7O4/c1-5-7-19-29-14(3)22-24(37)31-23(33-35(19)22)16-10-15(8-9-18(16)39-6-2)17-11-20(30-21(36)12-38-4)34(32-17)13-25(26,27)28/h8-11H,5-7,12-13H2,1-4H3,(H,30,36)(H,31,33,37). The third-order valence-corrected chi connectivity index (χ3v) is 5.70. The minimum absolute atomic E-state index is 0.147. The second-order valence-corrected chi connectivity index (χ2v) is 8.74. The molecule has 0 saturated carbocycles. The van der Waals surface area contributed by atoms with Gasteiger partial charge in [0.1, 0.15) is 30.5 Å². The Kier molecular flexibility index (Phi) is 8.04. The van der Waals surface area contributed by atoms with Crippen molar-refractivity contribution in [2.24, 2.45) is 0 Å². The van der Waals surface area contributed by atoms with E-state index >= 15 is 0 Å². The number of fused-ring (bicyclic) bond motifs is 1. The van der Waals surface area contributed by atoms with E-state index in [4.69, 9.17) is 9.47 Å². The van der Waals surface area contributed by atoms with Crippen molar-refractivity contribution in [1.29, 1.82) is 0 Å². The maximum atomic E-state index is 13.2. The van der Waals surface area contributed by atoms with Gasteiger partial charge in [-0.2, -0.15) is 18.3 Å². The summed E-state index contributed by atoms with van der Waals surface area (Å²) in [6.45, 7) is 4.09. The topological polar surface area (TPSA) is 128 Å². The van der Waals surface area contributed by atoms with Crippen LogP contribution >= 0.6 is 0 Å². The molecule has 4 rings (SSSR count). The average molecular weight is 548 g/mol. The van der Waals surface area contributed by atoms with Crippen LogP contribution in [0.15, 0.2) is 29.1 Å². The van der Waals surface area contributed by atoms with E-state index in [0.29, 0.717) is 51.6 Å². The van der Waals surface area contributed by atoms with E-state index in [9.17, 15) is 22.8 Å². The number of aromatic amines is 1. The van der Waals surface area contributed by atoms with Crippen molar-refractivity contribution in [3.8, 4) is 28.4 Å². The number of nitrogens with zero attached hydrogens (tertiary/aromatic N) is 5.